The molecule has 24 heavy (non-hydrogen) atoms. The van der Waals surface area contributed by atoms with E-state index in [0.717, 1.165) is 10.8 Å². The van der Waals surface area contributed by atoms with Gasteiger partial charge < -0.3 is 15.5 Å². The molecule has 2 aromatic carbocycles. The third-order valence-corrected chi connectivity index (χ3v) is 4.37. The predicted molar refractivity (Wildman–Crippen MR) is 98.4 cm³/mol. The van der Waals surface area contributed by atoms with Crippen LogP contribution in [0.25, 0.3) is 10.8 Å². The molecule has 5 nitrogen and oxygen atoms in total. The number of benzene rings is 2. The molecule has 2 N–H and O–H groups in total. The number of nitrogens with zero attached hydrogens (tertiary/aromatic N) is 2. The number of carbonyl (C=O) groups excluding carboxylic acids is 2. The Balaban J connectivity index is 0.00000208. The van der Waals surface area contributed by atoms with Crippen molar-refractivity contribution in [3.63, 3.8) is 0 Å². The van der Waals surface area contributed by atoms with Crippen molar-refractivity contribution in [1.29, 1.82) is 0 Å². The van der Waals surface area contributed by atoms with Gasteiger partial charge in [0.2, 0.25) is 5.91 Å². The lowest BCUT2D eigenvalue weighted by atomic mass is 10.0. The summed E-state index contributed by atoms with van der Waals surface area (Å²) in [6, 6.07) is 11.6. The minimum absolute atomic E-state index is 0. The molecule has 6 heteroatoms. The van der Waals surface area contributed by atoms with Crippen LogP contribution in [0, 0.1) is 0 Å². The van der Waals surface area contributed by atoms with Crippen molar-refractivity contribution in [3.8, 4) is 0 Å². The van der Waals surface area contributed by atoms with E-state index in [-0.39, 0.29) is 24.2 Å². The molecule has 1 saturated heterocycles. The van der Waals surface area contributed by atoms with Crippen LogP contribution < -0.4 is 5.73 Å². The predicted octanol–water partition coefficient (Wildman–Crippen LogP) is 2.54. The zero-order valence-electron chi connectivity index (χ0n) is 13.7. The van der Waals surface area contributed by atoms with Gasteiger partial charge in [0.15, 0.2) is 0 Å². The number of hydrogen-bond donors (Lipinski definition) is 1. The Labute approximate surface area is 147 Å². The molecule has 1 heterocycles. The summed E-state index contributed by atoms with van der Waals surface area (Å²) in [6.07, 6.45) is 0.506. The standard InChI is InChI=1S/C18H21N3O2.ClH/c1-2-17(22)20-7-9-21(10-8-20)18(23)15-11-13-5-3-4-6-14(13)12-16(15)19;/h3-6,11-12H,2,7-10,19H2,1H3;1H. The zero-order valence-corrected chi connectivity index (χ0v) is 14.5. The second-order valence-corrected chi connectivity index (χ2v) is 5.81. The highest BCUT2D eigenvalue weighted by Gasteiger charge is 2.25. The summed E-state index contributed by atoms with van der Waals surface area (Å²) in [4.78, 5) is 28.1. The summed E-state index contributed by atoms with van der Waals surface area (Å²) in [5, 5.41) is 2.03. The third kappa shape index (κ3) is 3.46. The Morgan fingerprint density at radius 1 is 1.00 bits per heavy atom. The maximum atomic E-state index is 12.8. The lowest BCUT2D eigenvalue weighted by molar-refractivity contribution is -0.132. The summed E-state index contributed by atoms with van der Waals surface area (Å²) in [6.45, 7) is 4.14. The first-order valence-corrected chi connectivity index (χ1v) is 7.95. The van der Waals surface area contributed by atoms with Crippen molar-refractivity contribution >= 4 is 40.7 Å². The van der Waals surface area contributed by atoms with Crippen molar-refractivity contribution in [2.45, 2.75) is 13.3 Å². The van der Waals surface area contributed by atoms with Crippen LogP contribution in [0.2, 0.25) is 0 Å². The molecule has 3 rings (SSSR count). The van der Waals surface area contributed by atoms with Crippen LogP contribution in [-0.4, -0.2) is 47.8 Å². The van der Waals surface area contributed by atoms with Crippen molar-refractivity contribution in [1.82, 2.24) is 9.80 Å². The molecular weight excluding hydrogens is 326 g/mol. The molecule has 0 aliphatic carbocycles. The Morgan fingerprint density at radius 3 is 2.12 bits per heavy atom. The van der Waals surface area contributed by atoms with E-state index in [1.165, 1.54) is 0 Å². The number of nitrogen functional groups attached to an aromatic ring is 1. The maximum absolute atomic E-state index is 12.8. The summed E-state index contributed by atoms with van der Waals surface area (Å²) < 4.78 is 0. The largest absolute Gasteiger partial charge is 0.398 e. The number of carbonyl (C=O) groups is 2. The molecule has 1 fully saturated rings. The molecule has 0 unspecified atom stereocenters. The van der Waals surface area contributed by atoms with Gasteiger partial charge in [0.1, 0.15) is 0 Å². The van der Waals surface area contributed by atoms with E-state index in [0.29, 0.717) is 43.9 Å². The number of fused-ring (bicyclic) bond motifs is 1. The van der Waals surface area contributed by atoms with Gasteiger partial charge in [-0.15, -0.1) is 12.4 Å². The summed E-state index contributed by atoms with van der Waals surface area (Å²) in [7, 11) is 0. The van der Waals surface area contributed by atoms with E-state index in [9.17, 15) is 9.59 Å². The van der Waals surface area contributed by atoms with Gasteiger partial charge >= 0.3 is 0 Å². The number of halogens is 1. The molecule has 2 aromatic rings. The van der Waals surface area contributed by atoms with Crippen LogP contribution in [0.1, 0.15) is 23.7 Å². The molecule has 128 valence electrons. The quantitative estimate of drug-likeness (QED) is 0.849. The summed E-state index contributed by atoms with van der Waals surface area (Å²) in [5.41, 5.74) is 7.12. The minimum Gasteiger partial charge on any atom is -0.398 e. The van der Waals surface area contributed by atoms with E-state index in [4.69, 9.17) is 5.73 Å². The highest BCUT2D eigenvalue weighted by molar-refractivity contribution is 6.04. The number of piperazine rings is 1. The number of hydrogen-bond acceptors (Lipinski definition) is 3. The molecular formula is C18H22ClN3O2. The van der Waals surface area contributed by atoms with E-state index >= 15 is 0 Å². The summed E-state index contributed by atoms with van der Waals surface area (Å²) >= 11 is 0. The van der Waals surface area contributed by atoms with Crippen LogP contribution in [-0.2, 0) is 4.79 Å². The van der Waals surface area contributed by atoms with Crippen LogP contribution in [0.15, 0.2) is 36.4 Å². The van der Waals surface area contributed by atoms with Gasteiger partial charge in [0.25, 0.3) is 5.91 Å². The molecule has 0 bridgehead atoms. The Morgan fingerprint density at radius 2 is 1.54 bits per heavy atom. The second kappa shape index (κ2) is 7.53. The second-order valence-electron chi connectivity index (χ2n) is 5.81. The van der Waals surface area contributed by atoms with Gasteiger partial charge in [-0.1, -0.05) is 31.2 Å². The van der Waals surface area contributed by atoms with Crippen molar-refractivity contribution < 1.29 is 9.59 Å². The monoisotopic (exact) mass is 347 g/mol. The van der Waals surface area contributed by atoms with Crippen molar-refractivity contribution in [2.75, 3.05) is 31.9 Å². The van der Waals surface area contributed by atoms with Crippen LogP contribution >= 0.6 is 12.4 Å². The highest BCUT2D eigenvalue weighted by atomic mass is 35.5. The molecule has 2 amide bonds. The molecule has 0 saturated carbocycles. The SMILES string of the molecule is CCC(=O)N1CCN(C(=O)c2cc3ccccc3cc2N)CC1.Cl. The maximum Gasteiger partial charge on any atom is 0.256 e. The van der Waals surface area contributed by atoms with Gasteiger partial charge in [-0.2, -0.15) is 0 Å². The van der Waals surface area contributed by atoms with E-state index in [1.54, 1.807) is 4.90 Å². The smallest absolute Gasteiger partial charge is 0.256 e. The fourth-order valence-electron chi connectivity index (χ4n) is 3.00. The number of anilines is 1. The van der Waals surface area contributed by atoms with E-state index in [1.807, 2.05) is 48.2 Å². The normalized spacial score (nSPS) is 14.4. The van der Waals surface area contributed by atoms with Crippen LogP contribution in [0.4, 0.5) is 5.69 Å². The fraction of sp³-hybridized carbons (Fsp3) is 0.333. The van der Waals surface area contributed by atoms with Crippen LogP contribution in [0.3, 0.4) is 0 Å². The lowest BCUT2D eigenvalue weighted by Gasteiger charge is -2.35. The van der Waals surface area contributed by atoms with E-state index < -0.39 is 0 Å². The zero-order chi connectivity index (χ0) is 16.4. The molecule has 0 radical (unpaired) electrons. The first kappa shape index (κ1) is 18.1. The average Bonchev–Trinajstić information content (AvgIpc) is 2.60. The van der Waals surface area contributed by atoms with Gasteiger partial charge in [0.05, 0.1) is 5.56 Å². The Hall–Kier alpha value is -2.27. The molecule has 1 aliphatic heterocycles. The topological polar surface area (TPSA) is 66.6 Å². The fourth-order valence-corrected chi connectivity index (χ4v) is 3.00. The van der Waals surface area contributed by atoms with Crippen molar-refractivity contribution in [3.05, 3.63) is 42.0 Å². The number of nitrogens with two attached hydrogens (primary N) is 1. The first-order chi connectivity index (χ1) is 11.1. The third-order valence-electron chi connectivity index (χ3n) is 4.37. The molecule has 0 spiro atoms. The summed E-state index contributed by atoms with van der Waals surface area (Å²) in [5.74, 6) is 0.0826. The Kier molecular flexibility index (Phi) is 5.67. The van der Waals surface area contributed by atoms with Crippen molar-refractivity contribution in [2.24, 2.45) is 0 Å². The Bertz CT molecular complexity index is 755. The highest BCUT2D eigenvalue weighted by Crippen LogP contribution is 2.23. The van der Waals surface area contributed by atoms with Crippen LogP contribution in [0.5, 0.6) is 0 Å². The van der Waals surface area contributed by atoms with Gasteiger partial charge in [-0.05, 0) is 22.9 Å². The average molecular weight is 348 g/mol. The van der Waals surface area contributed by atoms with E-state index in [2.05, 4.69) is 0 Å². The van der Waals surface area contributed by atoms with Gasteiger partial charge in [0, 0.05) is 38.3 Å². The molecule has 0 atom stereocenters. The minimum atomic E-state index is -0.0585. The first-order valence-electron chi connectivity index (χ1n) is 7.95. The lowest BCUT2D eigenvalue weighted by Crippen LogP contribution is -2.50. The number of rotatable bonds is 2. The number of amides is 2. The van der Waals surface area contributed by atoms with Gasteiger partial charge in [-0.3, -0.25) is 9.59 Å². The van der Waals surface area contributed by atoms with Gasteiger partial charge in [-0.25, -0.2) is 0 Å². The molecule has 0 aromatic heterocycles. The molecule has 1 aliphatic rings.